The van der Waals surface area contributed by atoms with Crippen molar-refractivity contribution in [2.75, 3.05) is 26.3 Å². The van der Waals surface area contributed by atoms with Gasteiger partial charge in [-0.15, -0.1) is 0 Å². The number of hydrogen-bond acceptors (Lipinski definition) is 3. The highest BCUT2D eigenvalue weighted by molar-refractivity contribution is 5.66. The summed E-state index contributed by atoms with van der Waals surface area (Å²) in [7, 11) is 0. The monoisotopic (exact) mass is 225 g/mol. The van der Waals surface area contributed by atoms with Gasteiger partial charge in [0.1, 0.15) is 6.61 Å². The third-order valence-corrected chi connectivity index (χ3v) is 1.66. The first-order valence-corrected chi connectivity index (χ1v) is 4.91. The van der Waals surface area contributed by atoms with Gasteiger partial charge >= 0.3 is 5.97 Å². The maximum Gasteiger partial charge on any atom is 0.303 e. The van der Waals surface area contributed by atoms with Crippen molar-refractivity contribution in [1.82, 2.24) is 5.32 Å². The fraction of sp³-hybridized carbons (Fsp3) is 0.889. The van der Waals surface area contributed by atoms with Gasteiger partial charge in [0.05, 0.1) is 6.61 Å². The highest BCUT2D eigenvalue weighted by Gasteiger charge is 2.00. The van der Waals surface area contributed by atoms with E-state index >= 15 is 0 Å². The summed E-state index contributed by atoms with van der Waals surface area (Å²) < 4.78 is 27.8. The Morgan fingerprint density at radius 2 is 2.07 bits per heavy atom. The number of carboxylic acid groups (broad SMARTS) is 1. The quantitative estimate of drug-likeness (QED) is 0.547. The van der Waals surface area contributed by atoms with Gasteiger partial charge in [-0.05, 0) is 19.4 Å². The Balaban J connectivity index is 2.96. The Hall–Kier alpha value is -0.750. The van der Waals surface area contributed by atoms with Gasteiger partial charge in [-0.3, -0.25) is 4.79 Å². The van der Waals surface area contributed by atoms with E-state index in [2.05, 4.69) is 10.1 Å². The second-order valence-electron chi connectivity index (χ2n) is 3.07. The van der Waals surface area contributed by atoms with Crippen LogP contribution < -0.4 is 5.32 Å². The lowest BCUT2D eigenvalue weighted by Gasteiger charge is -2.05. The number of carbonyl (C=O) groups is 1. The van der Waals surface area contributed by atoms with Gasteiger partial charge in [-0.2, -0.15) is 0 Å². The number of halogens is 2. The van der Waals surface area contributed by atoms with Gasteiger partial charge in [-0.25, -0.2) is 8.78 Å². The average molecular weight is 225 g/mol. The zero-order valence-corrected chi connectivity index (χ0v) is 8.55. The lowest BCUT2D eigenvalue weighted by Crippen LogP contribution is -2.22. The molecule has 90 valence electrons. The number of nitrogens with one attached hydrogen (secondary N) is 1. The summed E-state index contributed by atoms with van der Waals surface area (Å²) in [4.78, 5) is 10.1. The number of unbranched alkanes of at least 4 members (excludes halogenated alkanes) is 1. The maximum atomic E-state index is 11.6. The van der Waals surface area contributed by atoms with Crippen molar-refractivity contribution in [1.29, 1.82) is 0 Å². The fourth-order valence-corrected chi connectivity index (χ4v) is 0.968. The van der Waals surface area contributed by atoms with Crippen molar-refractivity contribution in [3.05, 3.63) is 0 Å². The first kappa shape index (κ1) is 14.2. The van der Waals surface area contributed by atoms with Crippen molar-refractivity contribution >= 4 is 5.97 Å². The summed E-state index contributed by atoms with van der Waals surface area (Å²) >= 11 is 0. The Morgan fingerprint density at radius 1 is 1.33 bits per heavy atom. The second-order valence-corrected chi connectivity index (χ2v) is 3.07. The molecule has 0 rings (SSSR count). The first-order chi connectivity index (χ1) is 7.13. The molecule has 0 aliphatic carbocycles. The molecule has 0 aromatic carbocycles. The molecule has 0 aliphatic rings. The first-order valence-electron chi connectivity index (χ1n) is 4.91. The predicted octanol–water partition coefficient (Wildman–Crippen LogP) is 1.11. The minimum atomic E-state index is -2.42. The Labute approximate surface area is 87.6 Å². The summed E-state index contributed by atoms with van der Waals surface area (Å²) in [6.07, 6.45) is -0.856. The molecular weight excluding hydrogens is 208 g/mol. The molecule has 0 radical (unpaired) electrons. The van der Waals surface area contributed by atoms with Crippen LogP contribution in [0.1, 0.15) is 19.3 Å². The summed E-state index contributed by atoms with van der Waals surface area (Å²) in [5, 5.41) is 11.3. The molecule has 15 heavy (non-hydrogen) atoms. The van der Waals surface area contributed by atoms with E-state index in [0.717, 1.165) is 6.42 Å². The lowest BCUT2D eigenvalue weighted by atomic mass is 10.2. The van der Waals surface area contributed by atoms with E-state index in [0.29, 0.717) is 19.5 Å². The Bertz CT molecular complexity index is 167. The molecule has 6 heteroatoms. The average Bonchev–Trinajstić information content (AvgIpc) is 2.14. The number of rotatable bonds is 10. The van der Waals surface area contributed by atoms with Crippen LogP contribution in [-0.2, 0) is 9.53 Å². The molecule has 0 fully saturated rings. The molecular formula is C9H17F2NO3. The van der Waals surface area contributed by atoms with E-state index in [1.54, 1.807) is 0 Å². The molecule has 0 aliphatic heterocycles. The Morgan fingerprint density at radius 3 is 2.67 bits per heavy atom. The molecule has 0 saturated heterocycles. The van der Waals surface area contributed by atoms with Crippen LogP contribution in [0.25, 0.3) is 0 Å². The standard InChI is InChI=1S/C9H17F2NO3/c10-8(11)7-15-6-5-12-4-2-1-3-9(13)14/h8,12H,1-7H2,(H,13,14). The molecule has 0 spiro atoms. The van der Waals surface area contributed by atoms with Crippen LogP contribution in [0, 0.1) is 0 Å². The van der Waals surface area contributed by atoms with Gasteiger partial charge in [-0.1, -0.05) is 0 Å². The number of alkyl halides is 2. The largest absolute Gasteiger partial charge is 0.481 e. The second kappa shape index (κ2) is 9.79. The van der Waals surface area contributed by atoms with E-state index in [1.807, 2.05) is 0 Å². The van der Waals surface area contributed by atoms with E-state index in [-0.39, 0.29) is 13.0 Å². The Kier molecular flexibility index (Phi) is 9.30. The van der Waals surface area contributed by atoms with Crippen molar-refractivity contribution in [2.24, 2.45) is 0 Å². The molecule has 2 N–H and O–H groups in total. The van der Waals surface area contributed by atoms with Gasteiger partial charge in [0, 0.05) is 13.0 Å². The SMILES string of the molecule is O=C(O)CCCCNCCOCC(F)F. The number of aliphatic carboxylic acids is 1. The van der Waals surface area contributed by atoms with Gasteiger partial charge in [0.25, 0.3) is 6.43 Å². The topological polar surface area (TPSA) is 58.6 Å². The summed E-state index contributed by atoms with van der Waals surface area (Å²) in [5.41, 5.74) is 0. The van der Waals surface area contributed by atoms with Crippen LogP contribution >= 0.6 is 0 Å². The fourth-order valence-electron chi connectivity index (χ4n) is 0.968. The van der Waals surface area contributed by atoms with Crippen LogP contribution in [0.15, 0.2) is 0 Å². The molecule has 0 heterocycles. The van der Waals surface area contributed by atoms with E-state index < -0.39 is 19.0 Å². The minimum absolute atomic E-state index is 0.170. The minimum Gasteiger partial charge on any atom is -0.481 e. The van der Waals surface area contributed by atoms with Crippen molar-refractivity contribution in [2.45, 2.75) is 25.7 Å². The van der Waals surface area contributed by atoms with E-state index in [9.17, 15) is 13.6 Å². The van der Waals surface area contributed by atoms with E-state index in [4.69, 9.17) is 5.11 Å². The van der Waals surface area contributed by atoms with Crippen LogP contribution in [0.2, 0.25) is 0 Å². The number of hydrogen-bond donors (Lipinski definition) is 2. The van der Waals surface area contributed by atoms with Gasteiger partial charge in [0.2, 0.25) is 0 Å². The zero-order valence-electron chi connectivity index (χ0n) is 8.55. The van der Waals surface area contributed by atoms with Crippen molar-refractivity contribution < 1.29 is 23.4 Å². The van der Waals surface area contributed by atoms with Crippen molar-refractivity contribution in [3.8, 4) is 0 Å². The van der Waals surface area contributed by atoms with Crippen LogP contribution in [0.5, 0.6) is 0 Å². The molecule has 0 amide bonds. The molecule has 0 aromatic heterocycles. The molecule has 0 bridgehead atoms. The highest BCUT2D eigenvalue weighted by Crippen LogP contribution is 1.93. The van der Waals surface area contributed by atoms with Crippen LogP contribution in [-0.4, -0.2) is 43.8 Å². The summed E-state index contributed by atoms with van der Waals surface area (Å²) in [5.74, 6) is -0.796. The van der Waals surface area contributed by atoms with Gasteiger partial charge in [0.15, 0.2) is 0 Å². The van der Waals surface area contributed by atoms with E-state index in [1.165, 1.54) is 0 Å². The number of ether oxygens (including phenoxy) is 1. The predicted molar refractivity (Wildman–Crippen MR) is 51.2 cm³/mol. The molecule has 0 saturated carbocycles. The smallest absolute Gasteiger partial charge is 0.303 e. The maximum absolute atomic E-state index is 11.6. The van der Waals surface area contributed by atoms with Crippen LogP contribution in [0.4, 0.5) is 8.78 Å². The van der Waals surface area contributed by atoms with Crippen molar-refractivity contribution in [3.63, 3.8) is 0 Å². The highest BCUT2D eigenvalue weighted by atomic mass is 19.3. The zero-order chi connectivity index (χ0) is 11.5. The third kappa shape index (κ3) is 13.2. The summed E-state index contributed by atoms with van der Waals surface area (Å²) in [6.45, 7) is 0.926. The molecule has 0 aromatic rings. The third-order valence-electron chi connectivity index (χ3n) is 1.66. The number of carboxylic acids is 1. The molecule has 0 atom stereocenters. The molecule has 4 nitrogen and oxygen atoms in total. The van der Waals surface area contributed by atoms with Gasteiger partial charge < -0.3 is 15.2 Å². The lowest BCUT2D eigenvalue weighted by molar-refractivity contribution is -0.137. The summed E-state index contributed by atoms with van der Waals surface area (Å²) in [6, 6.07) is 0. The normalized spacial score (nSPS) is 10.9. The molecule has 0 unspecified atom stereocenters. The van der Waals surface area contributed by atoms with Crippen LogP contribution in [0.3, 0.4) is 0 Å².